The Morgan fingerprint density at radius 1 is 1.58 bits per heavy atom. The standard InChI is InChI=1S/C12H16N2O4S/c1-18-11-8(4-3-6-13-11)10(15)14-9(12(16)17)5-7-19-2/h3-4,6,9H,5,7H2,1-2H3,(H,14,15)(H,16,17)/t9-/m1/s1. The first kappa shape index (κ1) is 15.3. The van der Waals surface area contributed by atoms with Crippen LogP contribution in [0.15, 0.2) is 18.3 Å². The molecule has 0 aliphatic carbocycles. The van der Waals surface area contributed by atoms with Crippen molar-refractivity contribution in [3.8, 4) is 5.88 Å². The number of nitrogens with one attached hydrogen (secondary N) is 1. The molecule has 104 valence electrons. The number of carbonyl (C=O) groups is 2. The minimum absolute atomic E-state index is 0.175. The van der Waals surface area contributed by atoms with Crippen molar-refractivity contribution in [2.75, 3.05) is 19.1 Å². The number of carboxylic acids is 1. The topological polar surface area (TPSA) is 88.5 Å². The second-order valence-corrected chi connectivity index (χ2v) is 4.69. The lowest BCUT2D eigenvalue weighted by molar-refractivity contribution is -0.139. The number of aliphatic carboxylic acids is 1. The number of hydrogen-bond acceptors (Lipinski definition) is 5. The summed E-state index contributed by atoms with van der Waals surface area (Å²) in [5.74, 6) is -0.723. The number of carboxylic acid groups (broad SMARTS) is 1. The van der Waals surface area contributed by atoms with Crippen LogP contribution in [0.4, 0.5) is 0 Å². The number of hydrogen-bond donors (Lipinski definition) is 2. The number of thioether (sulfide) groups is 1. The summed E-state index contributed by atoms with van der Waals surface area (Å²) in [6.07, 6.45) is 3.74. The molecule has 1 heterocycles. The Labute approximate surface area is 115 Å². The van der Waals surface area contributed by atoms with Crippen molar-refractivity contribution in [2.24, 2.45) is 0 Å². The van der Waals surface area contributed by atoms with Crippen LogP contribution < -0.4 is 10.1 Å². The minimum Gasteiger partial charge on any atom is -0.480 e. The molecule has 1 rings (SSSR count). The SMILES string of the molecule is COc1ncccc1C(=O)N[C@H](CCSC)C(=O)O. The van der Waals surface area contributed by atoms with Gasteiger partial charge in [-0.2, -0.15) is 11.8 Å². The van der Waals surface area contributed by atoms with Crippen molar-refractivity contribution >= 4 is 23.6 Å². The molecular formula is C12H16N2O4S. The van der Waals surface area contributed by atoms with Gasteiger partial charge in [-0.05, 0) is 30.6 Å². The average molecular weight is 284 g/mol. The zero-order chi connectivity index (χ0) is 14.3. The fraction of sp³-hybridized carbons (Fsp3) is 0.417. The number of amides is 1. The molecular weight excluding hydrogens is 268 g/mol. The van der Waals surface area contributed by atoms with Crippen LogP contribution >= 0.6 is 11.8 Å². The molecule has 7 heteroatoms. The maximum Gasteiger partial charge on any atom is 0.326 e. The fourth-order valence-electron chi connectivity index (χ4n) is 1.46. The molecule has 2 N–H and O–H groups in total. The van der Waals surface area contributed by atoms with Gasteiger partial charge in [0.2, 0.25) is 5.88 Å². The zero-order valence-electron chi connectivity index (χ0n) is 10.8. The first-order chi connectivity index (χ1) is 9.10. The molecule has 0 saturated carbocycles. The van der Waals surface area contributed by atoms with Crippen LogP contribution in [0.5, 0.6) is 5.88 Å². The zero-order valence-corrected chi connectivity index (χ0v) is 11.6. The molecule has 0 unspecified atom stereocenters. The third-order valence-corrected chi connectivity index (χ3v) is 3.07. The Morgan fingerprint density at radius 2 is 2.32 bits per heavy atom. The van der Waals surface area contributed by atoms with Gasteiger partial charge in [0.05, 0.1) is 7.11 Å². The van der Waals surface area contributed by atoms with E-state index in [2.05, 4.69) is 10.3 Å². The van der Waals surface area contributed by atoms with E-state index in [-0.39, 0.29) is 11.4 Å². The van der Waals surface area contributed by atoms with E-state index in [9.17, 15) is 9.59 Å². The number of carbonyl (C=O) groups excluding carboxylic acids is 1. The number of methoxy groups -OCH3 is 1. The van der Waals surface area contributed by atoms with Gasteiger partial charge >= 0.3 is 5.97 Å². The molecule has 1 aromatic heterocycles. The Kier molecular flexibility index (Phi) is 6.14. The first-order valence-corrected chi connectivity index (χ1v) is 7.01. The van der Waals surface area contributed by atoms with E-state index < -0.39 is 17.9 Å². The van der Waals surface area contributed by atoms with Gasteiger partial charge in [0.1, 0.15) is 11.6 Å². The summed E-state index contributed by atoms with van der Waals surface area (Å²) < 4.78 is 4.97. The number of aromatic nitrogens is 1. The Hall–Kier alpha value is -1.76. The summed E-state index contributed by atoms with van der Waals surface area (Å²) in [6.45, 7) is 0. The van der Waals surface area contributed by atoms with Crippen molar-refractivity contribution in [3.63, 3.8) is 0 Å². The monoisotopic (exact) mass is 284 g/mol. The average Bonchev–Trinajstić information content (AvgIpc) is 2.42. The molecule has 0 radical (unpaired) electrons. The molecule has 0 aromatic carbocycles. The van der Waals surface area contributed by atoms with Gasteiger partial charge in [0.25, 0.3) is 5.91 Å². The summed E-state index contributed by atoms with van der Waals surface area (Å²) in [7, 11) is 1.40. The van der Waals surface area contributed by atoms with E-state index in [1.807, 2.05) is 6.26 Å². The van der Waals surface area contributed by atoms with Gasteiger partial charge in [0.15, 0.2) is 0 Å². The number of ether oxygens (including phenoxy) is 1. The second kappa shape index (κ2) is 7.63. The number of rotatable bonds is 7. The van der Waals surface area contributed by atoms with Gasteiger partial charge in [-0.1, -0.05) is 0 Å². The molecule has 19 heavy (non-hydrogen) atoms. The quantitative estimate of drug-likeness (QED) is 0.777. The Balaban J connectivity index is 2.78. The molecule has 0 fully saturated rings. The molecule has 1 amide bonds. The van der Waals surface area contributed by atoms with E-state index >= 15 is 0 Å². The lowest BCUT2D eigenvalue weighted by Crippen LogP contribution is -2.41. The molecule has 6 nitrogen and oxygen atoms in total. The highest BCUT2D eigenvalue weighted by Gasteiger charge is 2.22. The first-order valence-electron chi connectivity index (χ1n) is 5.61. The highest BCUT2D eigenvalue weighted by Crippen LogP contribution is 2.13. The third kappa shape index (κ3) is 4.44. The van der Waals surface area contributed by atoms with Crippen LogP contribution in [0.1, 0.15) is 16.8 Å². The minimum atomic E-state index is -1.05. The van der Waals surface area contributed by atoms with Crippen molar-refractivity contribution in [1.82, 2.24) is 10.3 Å². The Morgan fingerprint density at radius 3 is 2.89 bits per heavy atom. The number of pyridine rings is 1. The van der Waals surface area contributed by atoms with Crippen LogP contribution in [-0.2, 0) is 4.79 Å². The molecule has 1 aromatic rings. The summed E-state index contributed by atoms with van der Waals surface area (Å²) in [5, 5.41) is 11.5. The van der Waals surface area contributed by atoms with Gasteiger partial charge in [0, 0.05) is 6.20 Å². The lowest BCUT2D eigenvalue weighted by atomic mass is 10.2. The highest BCUT2D eigenvalue weighted by molar-refractivity contribution is 7.98. The van der Waals surface area contributed by atoms with Crippen LogP contribution in [-0.4, -0.2) is 47.1 Å². The second-order valence-electron chi connectivity index (χ2n) is 3.71. The summed E-state index contributed by atoms with van der Waals surface area (Å²) >= 11 is 1.53. The van der Waals surface area contributed by atoms with E-state index in [1.54, 1.807) is 6.07 Å². The summed E-state index contributed by atoms with van der Waals surface area (Å²) in [6, 6.07) is 2.22. The van der Waals surface area contributed by atoms with Crippen LogP contribution in [0.25, 0.3) is 0 Å². The van der Waals surface area contributed by atoms with Crippen LogP contribution in [0, 0.1) is 0 Å². The van der Waals surface area contributed by atoms with E-state index in [1.165, 1.54) is 31.1 Å². The van der Waals surface area contributed by atoms with Crippen molar-refractivity contribution in [2.45, 2.75) is 12.5 Å². The fourth-order valence-corrected chi connectivity index (χ4v) is 1.93. The molecule has 0 bridgehead atoms. The van der Waals surface area contributed by atoms with Gasteiger partial charge < -0.3 is 15.2 Å². The van der Waals surface area contributed by atoms with Gasteiger partial charge in [-0.3, -0.25) is 4.79 Å². The largest absolute Gasteiger partial charge is 0.480 e. The summed E-state index contributed by atoms with van der Waals surface area (Å²) in [5.41, 5.74) is 0.223. The predicted octanol–water partition coefficient (Wildman–Crippen LogP) is 1.03. The molecule has 0 spiro atoms. The normalized spacial score (nSPS) is 11.7. The summed E-state index contributed by atoms with van der Waals surface area (Å²) in [4.78, 5) is 27.0. The maximum absolute atomic E-state index is 12.0. The van der Waals surface area contributed by atoms with Crippen LogP contribution in [0.3, 0.4) is 0 Å². The van der Waals surface area contributed by atoms with Crippen molar-refractivity contribution in [1.29, 1.82) is 0 Å². The van der Waals surface area contributed by atoms with E-state index in [0.29, 0.717) is 12.2 Å². The predicted molar refractivity (Wildman–Crippen MR) is 72.7 cm³/mol. The third-order valence-electron chi connectivity index (χ3n) is 2.42. The lowest BCUT2D eigenvalue weighted by Gasteiger charge is -2.14. The van der Waals surface area contributed by atoms with E-state index in [0.717, 1.165) is 0 Å². The highest BCUT2D eigenvalue weighted by atomic mass is 32.2. The molecule has 0 saturated heterocycles. The smallest absolute Gasteiger partial charge is 0.326 e. The molecule has 0 aliphatic rings. The maximum atomic E-state index is 12.0. The van der Waals surface area contributed by atoms with Crippen molar-refractivity contribution < 1.29 is 19.4 Å². The molecule has 1 atom stereocenters. The van der Waals surface area contributed by atoms with Gasteiger partial charge in [-0.25, -0.2) is 9.78 Å². The number of nitrogens with zero attached hydrogens (tertiary/aromatic N) is 1. The van der Waals surface area contributed by atoms with Crippen molar-refractivity contribution in [3.05, 3.63) is 23.9 Å². The van der Waals surface area contributed by atoms with Gasteiger partial charge in [-0.15, -0.1) is 0 Å². The molecule has 0 aliphatic heterocycles. The van der Waals surface area contributed by atoms with Crippen LogP contribution in [0.2, 0.25) is 0 Å². The van der Waals surface area contributed by atoms with E-state index in [4.69, 9.17) is 9.84 Å². The Bertz CT molecular complexity index is 453.